The molecule has 1 spiro atoms. The van der Waals surface area contributed by atoms with E-state index in [1.54, 1.807) is 11.1 Å². The zero-order valence-corrected chi connectivity index (χ0v) is 27.9. The Morgan fingerprint density at radius 3 is 1.69 bits per heavy atom. The third kappa shape index (κ3) is 4.83. The summed E-state index contributed by atoms with van der Waals surface area (Å²) < 4.78 is 0. The van der Waals surface area contributed by atoms with E-state index in [1.165, 1.54) is 89.0 Å². The largest absolute Gasteiger partial charge is 0.310 e. The molecule has 9 rings (SSSR count). The van der Waals surface area contributed by atoms with E-state index in [9.17, 15) is 0 Å². The molecule has 4 unspecified atom stereocenters. The molecule has 0 radical (unpaired) electrons. The second kappa shape index (κ2) is 12.0. The maximum absolute atomic E-state index is 2.52. The van der Waals surface area contributed by atoms with E-state index in [-0.39, 0.29) is 5.41 Å². The molecule has 2 bridgehead atoms. The van der Waals surface area contributed by atoms with Gasteiger partial charge in [-0.1, -0.05) is 129 Å². The van der Waals surface area contributed by atoms with Gasteiger partial charge in [-0.05, 0) is 131 Å². The van der Waals surface area contributed by atoms with Gasteiger partial charge in [0.2, 0.25) is 0 Å². The van der Waals surface area contributed by atoms with Crippen LogP contribution < -0.4 is 4.90 Å². The van der Waals surface area contributed by atoms with Crippen LogP contribution in [-0.2, 0) is 5.41 Å². The standard InChI is InChI=1S/C47H43N/c1-2-33-29-34-27-28-47(39(30-33)31-34)45-16-10-9-15-43(45)44-32-42(25-26-46(44)47)48(40-21-17-37(18-22-40)35-11-5-3-6-12-35)41-23-19-38(20-24-41)36-13-7-4-8-14-36/h3-26,32-34,39H,2,27-31H2,1H3. The van der Waals surface area contributed by atoms with E-state index in [1.807, 2.05) is 0 Å². The van der Waals surface area contributed by atoms with Crippen LogP contribution in [-0.4, -0.2) is 0 Å². The maximum Gasteiger partial charge on any atom is 0.0468 e. The first-order chi connectivity index (χ1) is 23.7. The number of hydrogen-bond donors (Lipinski definition) is 0. The average Bonchev–Trinajstić information content (AvgIpc) is 3.44. The summed E-state index contributed by atoms with van der Waals surface area (Å²) in [4.78, 5) is 2.45. The molecule has 1 heteroatoms. The number of fused-ring (bicyclic) bond motifs is 8. The molecule has 2 saturated carbocycles. The van der Waals surface area contributed by atoms with Crippen molar-refractivity contribution >= 4 is 17.1 Å². The van der Waals surface area contributed by atoms with E-state index in [0.29, 0.717) is 0 Å². The van der Waals surface area contributed by atoms with Gasteiger partial charge in [0.1, 0.15) is 0 Å². The van der Waals surface area contributed by atoms with E-state index in [4.69, 9.17) is 0 Å². The van der Waals surface area contributed by atoms with Crippen LogP contribution in [0.15, 0.2) is 152 Å². The monoisotopic (exact) mass is 621 g/mol. The molecule has 0 aliphatic heterocycles. The molecule has 1 nitrogen and oxygen atoms in total. The summed E-state index contributed by atoms with van der Waals surface area (Å²) >= 11 is 0. The lowest BCUT2D eigenvalue weighted by Crippen LogP contribution is -2.44. The van der Waals surface area contributed by atoms with Crippen LogP contribution in [0, 0.1) is 17.8 Å². The number of hydrogen-bond acceptors (Lipinski definition) is 1. The van der Waals surface area contributed by atoms with Gasteiger partial charge in [-0.3, -0.25) is 0 Å². The van der Waals surface area contributed by atoms with Crippen LogP contribution in [0.5, 0.6) is 0 Å². The highest BCUT2D eigenvalue weighted by atomic mass is 15.1. The maximum atomic E-state index is 2.52. The van der Waals surface area contributed by atoms with Crippen LogP contribution in [0.3, 0.4) is 0 Å². The predicted octanol–water partition coefficient (Wildman–Crippen LogP) is 13.0. The normalized spacial score (nSPS) is 22.2. The Bertz CT molecular complexity index is 1960. The minimum absolute atomic E-state index is 0.147. The van der Waals surface area contributed by atoms with Gasteiger partial charge in [-0.2, -0.15) is 0 Å². The Morgan fingerprint density at radius 1 is 0.521 bits per heavy atom. The Morgan fingerprint density at radius 2 is 1.06 bits per heavy atom. The van der Waals surface area contributed by atoms with Crippen molar-refractivity contribution in [2.75, 3.05) is 4.90 Å². The molecule has 2 fully saturated rings. The molecule has 0 aromatic heterocycles. The predicted molar refractivity (Wildman–Crippen MR) is 202 cm³/mol. The summed E-state index contributed by atoms with van der Waals surface area (Å²) in [6, 6.07) is 56.4. The highest BCUT2D eigenvalue weighted by molar-refractivity contribution is 5.87. The number of nitrogens with zero attached hydrogens (tertiary/aromatic N) is 1. The minimum atomic E-state index is 0.147. The van der Waals surface area contributed by atoms with Crippen LogP contribution >= 0.6 is 0 Å². The molecule has 0 N–H and O–H groups in total. The lowest BCUT2D eigenvalue weighted by atomic mass is 9.53. The van der Waals surface area contributed by atoms with E-state index >= 15 is 0 Å². The number of rotatable bonds is 6. The third-order valence-electron chi connectivity index (χ3n) is 12.0. The summed E-state index contributed by atoms with van der Waals surface area (Å²) in [5.41, 5.74) is 14.7. The number of anilines is 3. The van der Waals surface area contributed by atoms with Crippen LogP contribution in [0.25, 0.3) is 33.4 Å². The molecule has 3 aliphatic carbocycles. The lowest BCUT2D eigenvalue weighted by molar-refractivity contribution is 0.0778. The smallest absolute Gasteiger partial charge is 0.0468 e. The Balaban J connectivity index is 1.16. The molecule has 6 aromatic carbocycles. The van der Waals surface area contributed by atoms with E-state index in [0.717, 1.165) is 17.8 Å². The van der Waals surface area contributed by atoms with E-state index < -0.39 is 0 Å². The summed E-state index contributed by atoms with van der Waals surface area (Å²) in [5.74, 6) is 2.51. The van der Waals surface area contributed by atoms with Crippen molar-refractivity contribution in [3.05, 3.63) is 163 Å². The van der Waals surface area contributed by atoms with Gasteiger partial charge < -0.3 is 4.90 Å². The molecular formula is C47H43N. The van der Waals surface area contributed by atoms with Crippen molar-refractivity contribution in [1.82, 2.24) is 0 Å². The quantitative estimate of drug-likeness (QED) is 0.179. The van der Waals surface area contributed by atoms with Crippen LogP contribution in [0.1, 0.15) is 56.6 Å². The van der Waals surface area contributed by atoms with Crippen LogP contribution in [0.2, 0.25) is 0 Å². The first-order valence-electron chi connectivity index (χ1n) is 18.1. The lowest BCUT2D eigenvalue weighted by Gasteiger charge is -2.51. The van der Waals surface area contributed by atoms with Crippen molar-refractivity contribution in [3.8, 4) is 33.4 Å². The fourth-order valence-electron chi connectivity index (χ4n) is 9.73. The van der Waals surface area contributed by atoms with Gasteiger partial charge in [0, 0.05) is 22.5 Å². The van der Waals surface area contributed by atoms with E-state index in [2.05, 4.69) is 163 Å². The molecule has 0 saturated heterocycles. The Hall–Kier alpha value is -4.88. The van der Waals surface area contributed by atoms with Crippen molar-refractivity contribution in [3.63, 3.8) is 0 Å². The van der Waals surface area contributed by atoms with Gasteiger partial charge in [0.25, 0.3) is 0 Å². The van der Waals surface area contributed by atoms with Gasteiger partial charge >= 0.3 is 0 Å². The van der Waals surface area contributed by atoms with Crippen molar-refractivity contribution in [2.45, 2.75) is 50.9 Å². The first kappa shape index (κ1) is 29.3. The third-order valence-corrected chi connectivity index (χ3v) is 12.0. The van der Waals surface area contributed by atoms with Gasteiger partial charge in [-0.15, -0.1) is 0 Å². The van der Waals surface area contributed by atoms with Crippen molar-refractivity contribution in [1.29, 1.82) is 0 Å². The van der Waals surface area contributed by atoms with Crippen LogP contribution in [0.4, 0.5) is 17.1 Å². The summed E-state index contributed by atoms with van der Waals surface area (Å²) in [7, 11) is 0. The van der Waals surface area contributed by atoms with Crippen molar-refractivity contribution in [2.24, 2.45) is 17.8 Å². The average molecular weight is 622 g/mol. The molecular weight excluding hydrogens is 579 g/mol. The second-order valence-corrected chi connectivity index (χ2v) is 14.5. The molecule has 3 aliphatic rings. The van der Waals surface area contributed by atoms with Gasteiger partial charge in [0.15, 0.2) is 0 Å². The van der Waals surface area contributed by atoms with Gasteiger partial charge in [-0.25, -0.2) is 0 Å². The SMILES string of the molecule is CCC1CC2CCC3(c4ccccc4-c4cc(N(c5ccc(-c6ccccc6)cc5)c5ccc(-c6ccccc6)cc5)ccc43)C(C1)C2. The molecule has 48 heavy (non-hydrogen) atoms. The zero-order chi connectivity index (χ0) is 32.1. The van der Waals surface area contributed by atoms with Gasteiger partial charge in [0.05, 0.1) is 0 Å². The molecule has 6 aromatic rings. The van der Waals surface area contributed by atoms with Crippen molar-refractivity contribution < 1.29 is 0 Å². The Kier molecular flexibility index (Phi) is 7.30. The minimum Gasteiger partial charge on any atom is -0.310 e. The fourth-order valence-corrected chi connectivity index (χ4v) is 9.73. The zero-order valence-electron chi connectivity index (χ0n) is 27.9. The summed E-state index contributed by atoms with van der Waals surface area (Å²) in [5, 5.41) is 0. The topological polar surface area (TPSA) is 3.24 Å². The fraction of sp³-hybridized carbons (Fsp3) is 0.234. The number of benzene rings is 6. The molecule has 236 valence electrons. The Labute approximate surface area is 285 Å². The highest BCUT2D eigenvalue weighted by Crippen LogP contribution is 2.63. The highest BCUT2D eigenvalue weighted by Gasteiger charge is 2.53. The molecule has 0 amide bonds. The summed E-state index contributed by atoms with van der Waals surface area (Å²) in [6.45, 7) is 2.41. The second-order valence-electron chi connectivity index (χ2n) is 14.5. The molecule has 0 heterocycles. The molecule has 4 atom stereocenters. The first-order valence-corrected chi connectivity index (χ1v) is 18.1. The summed E-state index contributed by atoms with van der Waals surface area (Å²) in [6.07, 6.45) is 8.16.